The number of thiazole rings is 1. The van der Waals surface area contributed by atoms with Crippen LogP contribution < -0.4 is 0 Å². The molecular formula is C13H18N2O3S. The fourth-order valence-corrected chi connectivity index (χ4v) is 3.11. The van der Waals surface area contributed by atoms with Gasteiger partial charge in [-0.05, 0) is 19.8 Å². The summed E-state index contributed by atoms with van der Waals surface area (Å²) in [5.74, 6) is -0.940. The molecule has 0 aliphatic heterocycles. The van der Waals surface area contributed by atoms with E-state index in [9.17, 15) is 14.7 Å². The second-order valence-electron chi connectivity index (χ2n) is 5.23. The molecule has 19 heavy (non-hydrogen) atoms. The number of amides is 1. The lowest BCUT2D eigenvalue weighted by Crippen LogP contribution is -2.42. The van der Waals surface area contributed by atoms with Crippen LogP contribution in [0.5, 0.6) is 0 Å². The smallest absolute Gasteiger partial charge is 0.310 e. The maximum Gasteiger partial charge on any atom is 0.310 e. The molecule has 0 radical (unpaired) electrons. The summed E-state index contributed by atoms with van der Waals surface area (Å²) in [6, 6.07) is 0. The largest absolute Gasteiger partial charge is 0.481 e. The van der Waals surface area contributed by atoms with Crippen LogP contribution in [0.15, 0.2) is 5.51 Å². The van der Waals surface area contributed by atoms with Gasteiger partial charge in [0.15, 0.2) is 0 Å². The van der Waals surface area contributed by atoms with Crippen LogP contribution in [0.2, 0.25) is 0 Å². The molecule has 0 atom stereocenters. The Morgan fingerprint density at radius 1 is 1.53 bits per heavy atom. The topological polar surface area (TPSA) is 70.5 Å². The lowest BCUT2D eigenvalue weighted by atomic mass is 9.66. The number of hydrogen-bond acceptors (Lipinski definition) is 4. The number of carboxylic acid groups (broad SMARTS) is 1. The van der Waals surface area contributed by atoms with Crippen molar-refractivity contribution < 1.29 is 14.7 Å². The fraction of sp³-hybridized carbons (Fsp3) is 0.615. The number of carboxylic acids is 1. The molecule has 5 nitrogen and oxygen atoms in total. The average Bonchev–Trinajstić information content (AvgIpc) is 2.68. The van der Waals surface area contributed by atoms with Crippen molar-refractivity contribution in [2.45, 2.75) is 39.2 Å². The number of hydrogen-bond donors (Lipinski definition) is 1. The van der Waals surface area contributed by atoms with E-state index in [0.29, 0.717) is 19.4 Å². The Hall–Kier alpha value is -1.43. The van der Waals surface area contributed by atoms with E-state index in [2.05, 4.69) is 4.98 Å². The Labute approximate surface area is 116 Å². The molecule has 1 aromatic rings. The normalized spacial score (nSPS) is 16.7. The maximum absolute atomic E-state index is 12.1. The molecule has 1 aliphatic carbocycles. The molecule has 2 rings (SSSR count). The van der Waals surface area contributed by atoms with Crippen LogP contribution >= 0.6 is 11.3 Å². The highest BCUT2D eigenvalue weighted by molar-refractivity contribution is 7.09. The Kier molecular flexibility index (Phi) is 3.89. The first-order valence-electron chi connectivity index (χ1n) is 6.31. The first kappa shape index (κ1) is 14.0. The van der Waals surface area contributed by atoms with Gasteiger partial charge in [0.1, 0.15) is 0 Å². The molecule has 1 N–H and O–H groups in total. The zero-order valence-electron chi connectivity index (χ0n) is 11.2. The summed E-state index contributed by atoms with van der Waals surface area (Å²) < 4.78 is 0. The molecule has 1 saturated carbocycles. The standard InChI is InChI=1S/C13H18N2O3S/c1-9-10(19-8-14-9)7-15(2)11(16)6-13(12(17)18)4-3-5-13/h8H,3-7H2,1-2H3,(H,17,18). The zero-order valence-corrected chi connectivity index (χ0v) is 12.0. The van der Waals surface area contributed by atoms with Crippen LogP contribution in [0, 0.1) is 12.3 Å². The first-order valence-corrected chi connectivity index (χ1v) is 7.19. The Balaban J connectivity index is 1.96. The third kappa shape index (κ3) is 2.78. The summed E-state index contributed by atoms with van der Waals surface area (Å²) in [6.07, 6.45) is 2.23. The molecular weight excluding hydrogens is 264 g/mol. The number of nitrogens with zero attached hydrogens (tertiary/aromatic N) is 2. The van der Waals surface area contributed by atoms with E-state index in [-0.39, 0.29) is 12.3 Å². The molecule has 1 fully saturated rings. The minimum atomic E-state index is -0.838. The highest BCUT2D eigenvalue weighted by atomic mass is 32.1. The zero-order chi connectivity index (χ0) is 14.0. The van der Waals surface area contributed by atoms with E-state index in [4.69, 9.17) is 0 Å². The summed E-state index contributed by atoms with van der Waals surface area (Å²) in [5, 5.41) is 9.24. The highest BCUT2D eigenvalue weighted by Crippen LogP contribution is 2.44. The molecule has 0 spiro atoms. The lowest BCUT2D eigenvalue weighted by Gasteiger charge is -2.37. The van der Waals surface area contributed by atoms with E-state index in [1.54, 1.807) is 17.5 Å². The number of carbonyl (C=O) groups excluding carboxylic acids is 1. The number of carbonyl (C=O) groups is 2. The second-order valence-corrected chi connectivity index (χ2v) is 6.17. The van der Waals surface area contributed by atoms with Gasteiger partial charge in [-0.15, -0.1) is 11.3 Å². The van der Waals surface area contributed by atoms with E-state index in [0.717, 1.165) is 17.0 Å². The van der Waals surface area contributed by atoms with Crippen molar-refractivity contribution in [3.63, 3.8) is 0 Å². The van der Waals surface area contributed by atoms with Gasteiger partial charge in [-0.3, -0.25) is 9.59 Å². The van der Waals surface area contributed by atoms with Crippen molar-refractivity contribution in [3.05, 3.63) is 16.1 Å². The predicted octanol–water partition coefficient (Wildman–Crippen LogP) is 2.05. The minimum absolute atomic E-state index is 0.102. The van der Waals surface area contributed by atoms with Crippen molar-refractivity contribution in [1.29, 1.82) is 0 Å². The average molecular weight is 282 g/mol. The van der Waals surface area contributed by atoms with E-state index in [1.807, 2.05) is 6.92 Å². The predicted molar refractivity (Wildman–Crippen MR) is 71.9 cm³/mol. The summed E-state index contributed by atoms with van der Waals surface area (Å²) in [5.41, 5.74) is 1.88. The van der Waals surface area contributed by atoms with Gasteiger partial charge >= 0.3 is 5.97 Å². The number of aryl methyl sites for hydroxylation is 1. The Bertz CT molecular complexity index is 494. The van der Waals surface area contributed by atoms with Crippen molar-refractivity contribution in [2.75, 3.05) is 7.05 Å². The quantitative estimate of drug-likeness (QED) is 0.897. The van der Waals surface area contributed by atoms with E-state index >= 15 is 0 Å². The van der Waals surface area contributed by atoms with Crippen LogP contribution in [-0.2, 0) is 16.1 Å². The van der Waals surface area contributed by atoms with E-state index < -0.39 is 11.4 Å². The number of aliphatic carboxylic acids is 1. The van der Waals surface area contributed by atoms with Gasteiger partial charge in [-0.25, -0.2) is 4.98 Å². The molecule has 1 amide bonds. The highest BCUT2D eigenvalue weighted by Gasteiger charge is 2.46. The molecule has 0 bridgehead atoms. The third-order valence-corrected chi connectivity index (χ3v) is 4.83. The molecule has 0 unspecified atom stereocenters. The molecule has 0 aromatic carbocycles. The van der Waals surface area contributed by atoms with Crippen molar-refractivity contribution in [1.82, 2.24) is 9.88 Å². The van der Waals surface area contributed by atoms with Crippen LogP contribution in [0.4, 0.5) is 0 Å². The Morgan fingerprint density at radius 3 is 2.63 bits per heavy atom. The summed E-state index contributed by atoms with van der Waals surface area (Å²) in [4.78, 5) is 30.2. The summed E-state index contributed by atoms with van der Waals surface area (Å²) in [6.45, 7) is 2.42. The maximum atomic E-state index is 12.1. The number of aromatic nitrogens is 1. The monoisotopic (exact) mass is 282 g/mol. The fourth-order valence-electron chi connectivity index (χ4n) is 2.28. The molecule has 1 aromatic heterocycles. The van der Waals surface area contributed by atoms with Gasteiger partial charge < -0.3 is 10.0 Å². The summed E-state index contributed by atoms with van der Waals surface area (Å²) in [7, 11) is 1.72. The molecule has 1 heterocycles. The third-order valence-electron chi connectivity index (χ3n) is 3.91. The van der Waals surface area contributed by atoms with Gasteiger partial charge in [0.05, 0.1) is 23.2 Å². The van der Waals surface area contributed by atoms with Gasteiger partial charge in [0.2, 0.25) is 5.91 Å². The van der Waals surface area contributed by atoms with Gasteiger partial charge in [-0.2, -0.15) is 0 Å². The van der Waals surface area contributed by atoms with Crippen LogP contribution in [0.1, 0.15) is 36.3 Å². The molecule has 1 aliphatic rings. The van der Waals surface area contributed by atoms with Crippen LogP contribution in [0.25, 0.3) is 0 Å². The lowest BCUT2D eigenvalue weighted by molar-refractivity contribution is -0.159. The first-order chi connectivity index (χ1) is 8.94. The van der Waals surface area contributed by atoms with Crippen molar-refractivity contribution in [2.24, 2.45) is 5.41 Å². The van der Waals surface area contributed by atoms with Crippen molar-refractivity contribution in [3.8, 4) is 0 Å². The van der Waals surface area contributed by atoms with Gasteiger partial charge in [0.25, 0.3) is 0 Å². The molecule has 0 saturated heterocycles. The van der Waals surface area contributed by atoms with E-state index in [1.165, 1.54) is 11.3 Å². The van der Waals surface area contributed by atoms with Crippen molar-refractivity contribution >= 4 is 23.2 Å². The molecule has 104 valence electrons. The SMILES string of the molecule is Cc1ncsc1CN(C)C(=O)CC1(C(=O)O)CCC1. The second kappa shape index (κ2) is 5.28. The van der Waals surface area contributed by atoms with Crippen LogP contribution in [0.3, 0.4) is 0 Å². The Morgan fingerprint density at radius 2 is 2.21 bits per heavy atom. The summed E-state index contributed by atoms with van der Waals surface area (Å²) >= 11 is 1.52. The minimum Gasteiger partial charge on any atom is -0.481 e. The van der Waals surface area contributed by atoms with Gasteiger partial charge in [0, 0.05) is 18.3 Å². The van der Waals surface area contributed by atoms with Crippen LogP contribution in [-0.4, -0.2) is 33.9 Å². The van der Waals surface area contributed by atoms with Gasteiger partial charge in [-0.1, -0.05) is 6.42 Å². The molecule has 6 heteroatoms. The number of rotatable bonds is 5.